The largest absolute Gasteiger partial charge is 0.462 e. The Morgan fingerprint density at radius 1 is 0.912 bits per heavy atom. The summed E-state index contributed by atoms with van der Waals surface area (Å²) in [6, 6.07) is -0.652. The highest BCUT2D eigenvalue weighted by Crippen LogP contribution is 2.34. The number of allylic oxidation sites excluding steroid dienone is 2. The molecule has 0 saturated carbocycles. The number of carbonyl (C=O) groups excluding carboxylic acids is 4. The van der Waals surface area contributed by atoms with Gasteiger partial charge in [-0.25, -0.2) is 0 Å². The normalized spacial score (nSPS) is 39.8. The third-order valence-electron chi connectivity index (χ3n) is 10.9. The van der Waals surface area contributed by atoms with Gasteiger partial charge in [-0.05, 0) is 53.1 Å². The SMILES string of the molecule is CCC(=O)OC1CC(=O)OC(C)C/C=C/C=C/C(O)C(C)CC(CC=O)C(OC[C@@H]2O[C@H](C)[C@@H](O[C@H]3C[C@@H](O)[C@H](OC(=O)CC)[C@@H](C)O3)[C@H](N(C)C)[C@H]2O)C1OC. The lowest BCUT2D eigenvalue weighted by molar-refractivity contribution is -0.302. The number of hydrogen-bond donors (Lipinski definition) is 3. The molecule has 0 aromatic rings. The Labute approximate surface area is 337 Å². The maximum absolute atomic E-state index is 13.3. The summed E-state index contributed by atoms with van der Waals surface area (Å²) in [6.45, 7) is 10.1. The fourth-order valence-corrected chi connectivity index (χ4v) is 7.73. The summed E-state index contributed by atoms with van der Waals surface area (Å²) in [5.41, 5.74) is 0. The van der Waals surface area contributed by atoms with Crippen LogP contribution in [0.5, 0.6) is 0 Å². The van der Waals surface area contributed by atoms with Gasteiger partial charge in [0.15, 0.2) is 12.4 Å². The zero-order chi connectivity index (χ0) is 42.4. The quantitative estimate of drug-likeness (QED) is 0.139. The standard InChI is InChI=1S/C41H67NO15/c1-10-32(46)55-30-21-34(48)52-24(4)15-13-12-14-16-28(44)23(3)19-27(17-18-43)40(41(30)50-9)51-22-31-37(49)36(42(7)8)39(26(6)53-31)57-35-20-29(45)38(25(5)54-35)56-33(47)11-2/h12-14,16,18,23-31,35-41,44-45,49H,10-11,15,17,19-22H2,1-9H3/b13-12+,16-14+/t23?,24?,25-,26-,27?,28?,29-,30?,31+,35+,36-,37+,38-,39-,40?,41?/m1/s1. The summed E-state index contributed by atoms with van der Waals surface area (Å²) in [6.07, 6.45) is -3.39. The van der Waals surface area contributed by atoms with Crippen LogP contribution >= 0.6 is 0 Å². The molecule has 0 aliphatic carbocycles. The van der Waals surface area contributed by atoms with E-state index in [9.17, 15) is 34.5 Å². The second-order valence-electron chi connectivity index (χ2n) is 15.6. The van der Waals surface area contributed by atoms with Gasteiger partial charge >= 0.3 is 17.9 Å². The molecule has 16 heteroatoms. The number of carbonyl (C=O) groups is 4. The van der Waals surface area contributed by atoms with Crippen molar-refractivity contribution < 1.29 is 72.4 Å². The van der Waals surface area contributed by atoms with Gasteiger partial charge in [-0.1, -0.05) is 45.1 Å². The van der Waals surface area contributed by atoms with E-state index in [0.717, 1.165) is 6.29 Å². The Bertz CT molecular complexity index is 1310. The lowest BCUT2D eigenvalue weighted by Crippen LogP contribution is -2.65. The molecular weight excluding hydrogens is 746 g/mol. The van der Waals surface area contributed by atoms with Gasteiger partial charge < -0.3 is 62.9 Å². The van der Waals surface area contributed by atoms with Gasteiger partial charge in [0.1, 0.15) is 42.9 Å². The molecule has 7 unspecified atom stereocenters. The summed E-state index contributed by atoms with van der Waals surface area (Å²) in [7, 11) is 4.96. The number of hydrogen-bond acceptors (Lipinski definition) is 16. The van der Waals surface area contributed by atoms with Crippen molar-refractivity contribution in [3.05, 3.63) is 24.3 Å². The third-order valence-corrected chi connectivity index (χ3v) is 10.9. The van der Waals surface area contributed by atoms with Gasteiger partial charge in [-0.3, -0.25) is 14.4 Å². The minimum Gasteiger partial charge on any atom is -0.462 e. The maximum atomic E-state index is 13.3. The van der Waals surface area contributed by atoms with Crippen molar-refractivity contribution in [3.8, 4) is 0 Å². The molecule has 2 saturated heterocycles. The van der Waals surface area contributed by atoms with E-state index in [1.807, 2.05) is 13.0 Å². The van der Waals surface area contributed by atoms with Crippen LogP contribution in [0.3, 0.4) is 0 Å². The van der Waals surface area contributed by atoms with Crippen molar-refractivity contribution in [1.82, 2.24) is 4.90 Å². The third kappa shape index (κ3) is 14.2. The van der Waals surface area contributed by atoms with Crippen molar-refractivity contribution >= 4 is 24.2 Å². The average Bonchev–Trinajstić information content (AvgIpc) is 3.15. The van der Waals surface area contributed by atoms with Gasteiger partial charge in [-0.2, -0.15) is 0 Å². The van der Waals surface area contributed by atoms with Crippen molar-refractivity contribution in [2.45, 2.75) is 172 Å². The van der Waals surface area contributed by atoms with E-state index in [4.69, 9.17) is 37.9 Å². The van der Waals surface area contributed by atoms with E-state index in [-0.39, 0.29) is 51.0 Å². The van der Waals surface area contributed by atoms with Gasteiger partial charge in [0.25, 0.3) is 0 Å². The van der Waals surface area contributed by atoms with E-state index in [1.54, 1.807) is 71.8 Å². The van der Waals surface area contributed by atoms with Crippen LogP contribution in [-0.2, 0) is 57.1 Å². The van der Waals surface area contributed by atoms with E-state index in [2.05, 4.69) is 0 Å². The van der Waals surface area contributed by atoms with Crippen LogP contribution in [0, 0.1) is 11.8 Å². The minimum atomic E-state index is -1.19. The molecule has 0 aromatic heterocycles. The zero-order valence-corrected chi connectivity index (χ0v) is 35.0. The van der Waals surface area contributed by atoms with E-state index < -0.39 is 109 Å². The Morgan fingerprint density at radius 2 is 1.58 bits per heavy atom. The number of aliphatic hydroxyl groups is 3. The molecule has 57 heavy (non-hydrogen) atoms. The molecule has 16 nitrogen and oxygen atoms in total. The summed E-state index contributed by atoms with van der Waals surface area (Å²) >= 11 is 0. The fourth-order valence-electron chi connectivity index (χ4n) is 7.73. The summed E-state index contributed by atoms with van der Waals surface area (Å²) < 4.78 is 48.2. The first-order valence-corrected chi connectivity index (χ1v) is 20.2. The maximum Gasteiger partial charge on any atom is 0.309 e. The summed E-state index contributed by atoms with van der Waals surface area (Å²) in [4.78, 5) is 52.0. The molecular formula is C41H67NO15. The number of aldehydes is 1. The Balaban J connectivity index is 1.93. The summed E-state index contributed by atoms with van der Waals surface area (Å²) in [5.74, 6) is -2.62. The molecule has 16 atom stereocenters. The Morgan fingerprint density at radius 3 is 2.19 bits per heavy atom. The number of esters is 3. The molecule has 3 aliphatic heterocycles. The molecule has 3 rings (SSSR count). The number of aliphatic hydroxyl groups excluding tert-OH is 3. The van der Waals surface area contributed by atoms with E-state index in [1.165, 1.54) is 7.11 Å². The van der Waals surface area contributed by atoms with Crippen molar-refractivity contribution in [2.75, 3.05) is 27.8 Å². The Hall–Kier alpha value is -2.80. The van der Waals surface area contributed by atoms with Crippen LogP contribution in [0.2, 0.25) is 0 Å². The molecule has 0 bridgehead atoms. The van der Waals surface area contributed by atoms with Gasteiger partial charge in [0, 0.05) is 39.2 Å². The lowest BCUT2D eigenvalue weighted by Gasteiger charge is -2.48. The fraction of sp³-hybridized carbons (Fsp3) is 0.805. The highest BCUT2D eigenvalue weighted by molar-refractivity contribution is 5.72. The summed E-state index contributed by atoms with van der Waals surface area (Å²) in [5, 5.41) is 33.8. The van der Waals surface area contributed by atoms with Crippen molar-refractivity contribution in [3.63, 3.8) is 0 Å². The zero-order valence-electron chi connectivity index (χ0n) is 35.0. The van der Waals surface area contributed by atoms with Crippen LogP contribution in [0.1, 0.15) is 86.5 Å². The average molecular weight is 814 g/mol. The first kappa shape index (κ1) is 48.6. The molecule has 0 aromatic carbocycles. The number of cyclic esters (lactones) is 1. The molecule has 2 fully saturated rings. The number of methoxy groups -OCH3 is 1. The smallest absolute Gasteiger partial charge is 0.309 e. The van der Waals surface area contributed by atoms with Crippen LogP contribution in [-0.4, -0.2) is 158 Å². The molecule has 3 aliphatic rings. The second kappa shape index (κ2) is 23.7. The molecule has 0 radical (unpaired) electrons. The van der Waals surface area contributed by atoms with Crippen molar-refractivity contribution in [2.24, 2.45) is 11.8 Å². The van der Waals surface area contributed by atoms with E-state index in [0.29, 0.717) is 6.42 Å². The highest BCUT2D eigenvalue weighted by atomic mass is 16.7. The van der Waals surface area contributed by atoms with Gasteiger partial charge in [-0.15, -0.1) is 0 Å². The predicted octanol–water partition coefficient (Wildman–Crippen LogP) is 2.42. The molecule has 0 amide bonds. The highest BCUT2D eigenvalue weighted by Gasteiger charge is 2.49. The minimum absolute atomic E-state index is 0.0199. The lowest BCUT2D eigenvalue weighted by atomic mass is 9.82. The second-order valence-corrected chi connectivity index (χ2v) is 15.6. The van der Waals surface area contributed by atoms with E-state index >= 15 is 0 Å². The molecule has 326 valence electrons. The molecule has 3 heterocycles. The van der Waals surface area contributed by atoms with Crippen LogP contribution < -0.4 is 0 Å². The van der Waals surface area contributed by atoms with Crippen LogP contribution in [0.25, 0.3) is 0 Å². The number of ether oxygens (including phenoxy) is 8. The first-order valence-electron chi connectivity index (χ1n) is 20.2. The molecule has 0 spiro atoms. The van der Waals surface area contributed by atoms with Gasteiger partial charge in [0.05, 0.1) is 49.6 Å². The monoisotopic (exact) mass is 813 g/mol. The predicted molar refractivity (Wildman–Crippen MR) is 206 cm³/mol. The Kier molecular flexibility index (Phi) is 20.2. The van der Waals surface area contributed by atoms with Crippen molar-refractivity contribution in [1.29, 1.82) is 0 Å². The topological polar surface area (TPSA) is 206 Å². The molecule has 3 N–H and O–H groups in total. The number of rotatable bonds is 13. The number of likely N-dealkylation sites (N-methyl/N-ethyl adjacent to an activating group) is 1. The number of nitrogens with zero attached hydrogens (tertiary/aromatic N) is 1. The first-order chi connectivity index (χ1) is 27.0. The van der Waals surface area contributed by atoms with Crippen LogP contribution in [0.15, 0.2) is 24.3 Å². The van der Waals surface area contributed by atoms with Gasteiger partial charge in [0.2, 0.25) is 0 Å². The van der Waals surface area contributed by atoms with Crippen LogP contribution in [0.4, 0.5) is 0 Å².